The zero-order chi connectivity index (χ0) is 10.6. The summed E-state index contributed by atoms with van der Waals surface area (Å²) in [5.41, 5.74) is 0. The van der Waals surface area contributed by atoms with Gasteiger partial charge in [-0.05, 0) is 25.8 Å². The highest BCUT2D eigenvalue weighted by molar-refractivity contribution is 5.76. The first-order chi connectivity index (χ1) is 6.70. The molecule has 1 saturated carbocycles. The second-order valence-corrected chi connectivity index (χ2v) is 3.78. The first-order valence-corrected chi connectivity index (χ1v) is 4.97. The number of esters is 1. The first kappa shape index (κ1) is 11.5. The molecule has 0 radical (unpaired) electrons. The Morgan fingerprint density at radius 1 is 1.50 bits per heavy atom. The minimum atomic E-state index is -0.119. The third-order valence-corrected chi connectivity index (χ3v) is 2.63. The van der Waals surface area contributed by atoms with Gasteiger partial charge in [-0.15, -0.1) is 0 Å². The van der Waals surface area contributed by atoms with E-state index in [1.165, 1.54) is 7.11 Å². The number of carbonyl (C=O) groups is 1. The summed E-state index contributed by atoms with van der Waals surface area (Å²) in [6.07, 6.45) is 2.27. The van der Waals surface area contributed by atoms with Gasteiger partial charge >= 0.3 is 5.97 Å². The summed E-state index contributed by atoms with van der Waals surface area (Å²) in [4.78, 5) is 13.5. The second kappa shape index (κ2) is 5.32. The van der Waals surface area contributed by atoms with Gasteiger partial charge in [0.05, 0.1) is 13.7 Å². The Morgan fingerprint density at radius 3 is 2.57 bits per heavy atom. The standard InChI is InChI=1S/C10H19NO3/c1-11(6-7-13-2)9(8-4-5-8)10(12)14-3/h8-9H,4-7H2,1-3H3. The zero-order valence-corrected chi connectivity index (χ0v) is 9.16. The topological polar surface area (TPSA) is 38.8 Å². The Morgan fingerprint density at radius 2 is 2.14 bits per heavy atom. The Hall–Kier alpha value is -0.610. The molecule has 1 atom stereocenters. The van der Waals surface area contributed by atoms with Gasteiger partial charge < -0.3 is 9.47 Å². The van der Waals surface area contributed by atoms with Crippen molar-refractivity contribution in [1.29, 1.82) is 0 Å². The van der Waals surface area contributed by atoms with E-state index in [2.05, 4.69) is 0 Å². The number of rotatable bonds is 6. The molecule has 82 valence electrons. The number of methoxy groups -OCH3 is 2. The molecule has 0 aromatic carbocycles. The molecule has 14 heavy (non-hydrogen) atoms. The van der Waals surface area contributed by atoms with Crippen LogP contribution in [0.2, 0.25) is 0 Å². The molecule has 0 heterocycles. The third kappa shape index (κ3) is 2.96. The molecule has 4 heteroatoms. The molecule has 1 aliphatic rings. The van der Waals surface area contributed by atoms with Gasteiger partial charge in [0.25, 0.3) is 0 Å². The van der Waals surface area contributed by atoms with Crippen molar-refractivity contribution in [2.45, 2.75) is 18.9 Å². The lowest BCUT2D eigenvalue weighted by Crippen LogP contribution is -2.42. The summed E-state index contributed by atoms with van der Waals surface area (Å²) in [6, 6.07) is -0.0739. The molecule has 0 aliphatic heterocycles. The van der Waals surface area contributed by atoms with E-state index in [4.69, 9.17) is 9.47 Å². The van der Waals surface area contributed by atoms with Crippen LogP contribution in [0.5, 0.6) is 0 Å². The normalized spacial score (nSPS) is 18.3. The molecule has 1 unspecified atom stereocenters. The van der Waals surface area contributed by atoms with E-state index in [0.717, 1.165) is 19.4 Å². The molecule has 0 aromatic rings. The summed E-state index contributed by atoms with van der Waals surface area (Å²) in [5.74, 6) is 0.371. The maximum absolute atomic E-state index is 11.5. The van der Waals surface area contributed by atoms with Gasteiger partial charge in [-0.1, -0.05) is 0 Å². The first-order valence-electron chi connectivity index (χ1n) is 4.97. The van der Waals surface area contributed by atoms with Gasteiger partial charge in [0.15, 0.2) is 0 Å². The Balaban J connectivity index is 2.44. The smallest absolute Gasteiger partial charge is 0.323 e. The largest absolute Gasteiger partial charge is 0.468 e. The number of hydrogen-bond donors (Lipinski definition) is 0. The lowest BCUT2D eigenvalue weighted by Gasteiger charge is -2.25. The Kier molecular flexibility index (Phi) is 4.35. The van der Waals surface area contributed by atoms with Crippen molar-refractivity contribution in [2.75, 3.05) is 34.4 Å². The Bertz CT molecular complexity index is 192. The fourth-order valence-corrected chi connectivity index (χ4v) is 1.64. The van der Waals surface area contributed by atoms with E-state index in [-0.39, 0.29) is 12.0 Å². The predicted octanol–water partition coefficient (Wildman–Crippen LogP) is 0.516. The zero-order valence-electron chi connectivity index (χ0n) is 9.16. The molecule has 0 N–H and O–H groups in total. The van der Waals surface area contributed by atoms with Crippen LogP contribution in [0.3, 0.4) is 0 Å². The summed E-state index contributed by atoms with van der Waals surface area (Å²) >= 11 is 0. The number of nitrogens with zero attached hydrogens (tertiary/aromatic N) is 1. The van der Waals surface area contributed by atoms with Crippen LogP contribution in [0.25, 0.3) is 0 Å². The minimum absolute atomic E-state index is 0.0739. The monoisotopic (exact) mass is 201 g/mol. The Labute approximate surface area is 85.2 Å². The number of hydrogen-bond acceptors (Lipinski definition) is 4. The summed E-state index contributed by atoms with van der Waals surface area (Å²) in [5, 5.41) is 0. The lowest BCUT2D eigenvalue weighted by molar-refractivity contribution is -0.147. The molecule has 1 fully saturated rings. The highest BCUT2D eigenvalue weighted by atomic mass is 16.5. The average Bonchev–Trinajstić information content (AvgIpc) is 2.98. The van der Waals surface area contributed by atoms with Crippen LogP contribution in [-0.4, -0.2) is 51.3 Å². The van der Waals surface area contributed by atoms with E-state index in [1.54, 1.807) is 7.11 Å². The number of ether oxygens (including phenoxy) is 2. The van der Waals surface area contributed by atoms with E-state index in [0.29, 0.717) is 12.5 Å². The van der Waals surface area contributed by atoms with Crippen LogP contribution < -0.4 is 0 Å². The fraction of sp³-hybridized carbons (Fsp3) is 0.900. The maximum atomic E-state index is 11.5. The maximum Gasteiger partial charge on any atom is 0.323 e. The van der Waals surface area contributed by atoms with Gasteiger partial charge in [-0.3, -0.25) is 9.69 Å². The summed E-state index contributed by atoms with van der Waals surface area (Å²) < 4.78 is 9.78. The van der Waals surface area contributed by atoms with Crippen molar-refractivity contribution in [1.82, 2.24) is 4.90 Å². The molecule has 4 nitrogen and oxygen atoms in total. The van der Waals surface area contributed by atoms with Gasteiger partial charge in [-0.2, -0.15) is 0 Å². The highest BCUT2D eigenvalue weighted by Crippen LogP contribution is 2.35. The predicted molar refractivity (Wildman–Crippen MR) is 53.0 cm³/mol. The number of likely N-dealkylation sites (N-methyl/N-ethyl adjacent to an activating group) is 1. The van der Waals surface area contributed by atoms with Crippen molar-refractivity contribution in [3.05, 3.63) is 0 Å². The molecule has 0 aromatic heterocycles. The molecule has 0 spiro atoms. The van der Waals surface area contributed by atoms with E-state index in [9.17, 15) is 4.79 Å². The van der Waals surface area contributed by atoms with Gasteiger partial charge in [0.1, 0.15) is 6.04 Å². The highest BCUT2D eigenvalue weighted by Gasteiger charge is 2.39. The van der Waals surface area contributed by atoms with Gasteiger partial charge in [0.2, 0.25) is 0 Å². The second-order valence-electron chi connectivity index (χ2n) is 3.78. The van der Waals surface area contributed by atoms with Crippen LogP contribution in [0, 0.1) is 5.92 Å². The van der Waals surface area contributed by atoms with Crippen molar-refractivity contribution in [2.24, 2.45) is 5.92 Å². The summed E-state index contributed by atoms with van der Waals surface area (Å²) in [7, 11) is 5.05. The molecule has 0 bridgehead atoms. The molecular weight excluding hydrogens is 182 g/mol. The van der Waals surface area contributed by atoms with E-state index < -0.39 is 0 Å². The minimum Gasteiger partial charge on any atom is -0.468 e. The molecule has 0 amide bonds. The fourth-order valence-electron chi connectivity index (χ4n) is 1.64. The van der Waals surface area contributed by atoms with Crippen molar-refractivity contribution in [3.8, 4) is 0 Å². The van der Waals surface area contributed by atoms with Crippen LogP contribution in [0.4, 0.5) is 0 Å². The summed E-state index contributed by atoms with van der Waals surface area (Å²) in [6.45, 7) is 1.42. The van der Waals surface area contributed by atoms with E-state index in [1.807, 2.05) is 11.9 Å². The molecular formula is C10H19NO3. The average molecular weight is 201 g/mol. The van der Waals surface area contributed by atoms with Gasteiger partial charge in [0, 0.05) is 13.7 Å². The number of carbonyl (C=O) groups excluding carboxylic acids is 1. The van der Waals surface area contributed by atoms with Crippen molar-refractivity contribution >= 4 is 5.97 Å². The molecule has 0 saturated heterocycles. The van der Waals surface area contributed by atoms with Gasteiger partial charge in [-0.25, -0.2) is 0 Å². The third-order valence-electron chi connectivity index (χ3n) is 2.63. The van der Waals surface area contributed by atoms with Crippen LogP contribution in [0.15, 0.2) is 0 Å². The van der Waals surface area contributed by atoms with E-state index >= 15 is 0 Å². The quantitative estimate of drug-likeness (QED) is 0.587. The van der Waals surface area contributed by atoms with Crippen molar-refractivity contribution in [3.63, 3.8) is 0 Å². The molecule has 1 rings (SSSR count). The van der Waals surface area contributed by atoms with Crippen LogP contribution in [-0.2, 0) is 14.3 Å². The van der Waals surface area contributed by atoms with Crippen LogP contribution in [0.1, 0.15) is 12.8 Å². The van der Waals surface area contributed by atoms with Crippen molar-refractivity contribution < 1.29 is 14.3 Å². The lowest BCUT2D eigenvalue weighted by atomic mass is 10.1. The van der Waals surface area contributed by atoms with Crippen LogP contribution >= 0.6 is 0 Å². The molecule has 1 aliphatic carbocycles. The SMILES string of the molecule is COCCN(C)C(C(=O)OC)C1CC1.